The number of nitrogens with one attached hydrogen (secondary N) is 2. The predicted molar refractivity (Wildman–Crippen MR) is 133 cm³/mol. The molecule has 4 unspecified atom stereocenters. The first-order valence-corrected chi connectivity index (χ1v) is 12.5. The summed E-state index contributed by atoms with van der Waals surface area (Å²) >= 11 is 0. The summed E-state index contributed by atoms with van der Waals surface area (Å²) in [6.07, 6.45) is 5.43. The fourth-order valence-electron chi connectivity index (χ4n) is 6.69. The maximum Gasteiger partial charge on any atom is 0.294 e. The third-order valence-electron chi connectivity index (χ3n) is 8.10. The summed E-state index contributed by atoms with van der Waals surface area (Å²) in [6, 6.07) is 2.53. The highest BCUT2D eigenvalue weighted by molar-refractivity contribution is 6.43. The van der Waals surface area contributed by atoms with E-state index in [1.807, 2.05) is 6.92 Å². The molecular formula is C27H35FN4O4. The van der Waals surface area contributed by atoms with Gasteiger partial charge in [-0.2, -0.15) is 4.39 Å². The molecule has 0 saturated heterocycles. The molecule has 2 bridgehead atoms. The van der Waals surface area contributed by atoms with Crippen molar-refractivity contribution in [1.29, 1.82) is 0 Å². The van der Waals surface area contributed by atoms with Crippen LogP contribution in [-0.2, 0) is 11.8 Å². The second-order valence-electron chi connectivity index (χ2n) is 11.0. The number of carbonyl (C=O) groups excluding carboxylic acids is 3. The van der Waals surface area contributed by atoms with Gasteiger partial charge in [0, 0.05) is 18.3 Å². The number of aromatic nitrogens is 2. The van der Waals surface area contributed by atoms with Gasteiger partial charge in [0.25, 0.3) is 17.6 Å². The molecule has 0 spiro atoms. The van der Waals surface area contributed by atoms with Crippen LogP contribution in [0.25, 0.3) is 0 Å². The zero-order valence-electron chi connectivity index (χ0n) is 21.6. The average Bonchev–Trinajstić information content (AvgIpc) is 3.01. The van der Waals surface area contributed by atoms with Crippen molar-refractivity contribution >= 4 is 23.3 Å². The number of aliphatic hydroxyl groups is 1. The van der Waals surface area contributed by atoms with E-state index in [-0.39, 0.29) is 11.3 Å². The number of pyridine rings is 1. The molecule has 3 N–H and O–H groups in total. The smallest absolute Gasteiger partial charge is 0.294 e. The Morgan fingerprint density at radius 2 is 1.94 bits per heavy atom. The third-order valence-corrected chi connectivity index (χ3v) is 8.10. The molecule has 2 fully saturated rings. The number of nitrogens with zero attached hydrogens (tertiary/aromatic N) is 2. The van der Waals surface area contributed by atoms with E-state index in [0.717, 1.165) is 25.3 Å². The van der Waals surface area contributed by atoms with Crippen LogP contribution < -0.4 is 10.6 Å². The van der Waals surface area contributed by atoms with Crippen LogP contribution in [-0.4, -0.2) is 43.4 Å². The van der Waals surface area contributed by atoms with Crippen LogP contribution >= 0.6 is 0 Å². The average molecular weight is 499 g/mol. The summed E-state index contributed by atoms with van der Waals surface area (Å²) in [5, 5.41) is 16.9. The summed E-state index contributed by atoms with van der Waals surface area (Å²) in [5.74, 6) is -1.85. The molecule has 194 valence electrons. The first-order chi connectivity index (χ1) is 16.9. The molecule has 2 aliphatic carbocycles. The first-order valence-electron chi connectivity index (χ1n) is 12.5. The molecule has 0 radical (unpaired) electrons. The van der Waals surface area contributed by atoms with Crippen molar-refractivity contribution in [1.82, 2.24) is 14.9 Å². The Labute approximate surface area is 210 Å². The Morgan fingerprint density at radius 3 is 2.56 bits per heavy atom. The Morgan fingerprint density at radius 1 is 1.22 bits per heavy atom. The fraction of sp³-hybridized carbons (Fsp3) is 0.556. The topological polar surface area (TPSA) is 113 Å². The summed E-state index contributed by atoms with van der Waals surface area (Å²) in [6.45, 7) is 7.46. The van der Waals surface area contributed by atoms with Crippen molar-refractivity contribution in [3.05, 3.63) is 46.8 Å². The summed E-state index contributed by atoms with van der Waals surface area (Å²) in [4.78, 5) is 43.2. The van der Waals surface area contributed by atoms with Gasteiger partial charge in [0.1, 0.15) is 0 Å². The van der Waals surface area contributed by atoms with Gasteiger partial charge in [0.15, 0.2) is 0 Å². The second kappa shape index (κ2) is 9.42. The van der Waals surface area contributed by atoms with Gasteiger partial charge in [-0.05, 0) is 81.9 Å². The number of fused-ring (bicyclic) bond motifs is 2. The second-order valence-corrected chi connectivity index (χ2v) is 11.0. The van der Waals surface area contributed by atoms with E-state index in [1.54, 1.807) is 25.5 Å². The van der Waals surface area contributed by atoms with Gasteiger partial charge in [-0.1, -0.05) is 13.8 Å². The van der Waals surface area contributed by atoms with Gasteiger partial charge in [-0.3, -0.25) is 14.4 Å². The highest BCUT2D eigenvalue weighted by Crippen LogP contribution is 2.49. The lowest BCUT2D eigenvalue weighted by atomic mass is 9.59. The number of Topliss-reactive ketones (excluding diaryl/α,β-unsaturated/α-hetero) is 1. The van der Waals surface area contributed by atoms with Crippen LogP contribution in [0.2, 0.25) is 0 Å². The van der Waals surface area contributed by atoms with E-state index < -0.39 is 34.7 Å². The van der Waals surface area contributed by atoms with Gasteiger partial charge >= 0.3 is 0 Å². The third kappa shape index (κ3) is 4.81. The lowest BCUT2D eigenvalue weighted by Gasteiger charge is -2.53. The molecule has 9 heteroatoms. The minimum Gasteiger partial charge on any atom is -0.390 e. The number of hydrogen-bond donors (Lipinski definition) is 3. The van der Waals surface area contributed by atoms with Crippen molar-refractivity contribution < 1.29 is 23.9 Å². The summed E-state index contributed by atoms with van der Waals surface area (Å²) in [7, 11) is 1.64. The Hall–Kier alpha value is -3.07. The zero-order valence-corrected chi connectivity index (χ0v) is 21.6. The van der Waals surface area contributed by atoms with Crippen LogP contribution in [0.4, 0.5) is 10.1 Å². The van der Waals surface area contributed by atoms with Gasteiger partial charge in [0.2, 0.25) is 5.95 Å². The maximum atomic E-state index is 13.4. The van der Waals surface area contributed by atoms with Gasteiger partial charge in [-0.15, -0.1) is 0 Å². The number of rotatable bonds is 6. The monoisotopic (exact) mass is 498 g/mol. The van der Waals surface area contributed by atoms with E-state index in [4.69, 9.17) is 0 Å². The van der Waals surface area contributed by atoms with Crippen molar-refractivity contribution in [3.8, 4) is 0 Å². The van der Waals surface area contributed by atoms with Crippen LogP contribution in [0, 0.1) is 31.6 Å². The van der Waals surface area contributed by atoms with Crippen molar-refractivity contribution in [2.45, 2.75) is 77.4 Å². The maximum absolute atomic E-state index is 13.4. The van der Waals surface area contributed by atoms with Crippen molar-refractivity contribution in [3.63, 3.8) is 0 Å². The molecule has 0 aliphatic heterocycles. The standard InChI is InChI=1S/C27H35FN4O4/c1-6-26(11-18-9-15(2)10-27(36,12-18)14-26)31-25(35)23(33)22-16(3)21(17(4)32(22)5)24(34)30-19-7-8-20(28)29-13-19/h7-8,13,15,18,36H,6,9-12,14H2,1-5H3,(H,30,34)(H,31,35). The number of amides is 2. The predicted octanol–water partition coefficient (Wildman–Crippen LogP) is 3.84. The van der Waals surface area contributed by atoms with Crippen LogP contribution in [0.5, 0.6) is 0 Å². The molecule has 0 aromatic carbocycles. The molecule has 8 nitrogen and oxygen atoms in total. The molecule has 2 saturated carbocycles. The molecule has 4 rings (SSSR count). The fourth-order valence-corrected chi connectivity index (χ4v) is 6.69. The van der Waals surface area contributed by atoms with Gasteiger partial charge < -0.3 is 20.3 Å². The minimum absolute atomic E-state index is 0.141. The number of hydrogen-bond acceptors (Lipinski definition) is 5. The Balaban J connectivity index is 1.56. The first kappa shape index (κ1) is 26.0. The van der Waals surface area contributed by atoms with E-state index in [1.165, 1.54) is 12.3 Å². The van der Waals surface area contributed by atoms with Gasteiger partial charge in [0.05, 0.1) is 28.7 Å². The largest absolute Gasteiger partial charge is 0.390 e. The minimum atomic E-state index is -0.829. The van der Waals surface area contributed by atoms with Crippen molar-refractivity contribution in [2.75, 3.05) is 5.32 Å². The number of ketones is 1. The Bertz CT molecular complexity index is 1200. The molecule has 2 heterocycles. The van der Waals surface area contributed by atoms with E-state index >= 15 is 0 Å². The quantitative estimate of drug-likeness (QED) is 0.318. The molecule has 4 atom stereocenters. The molecular weight excluding hydrogens is 463 g/mol. The van der Waals surface area contributed by atoms with Crippen molar-refractivity contribution in [2.24, 2.45) is 18.9 Å². The van der Waals surface area contributed by atoms with Gasteiger partial charge in [-0.25, -0.2) is 4.98 Å². The number of halogens is 1. The lowest BCUT2D eigenvalue weighted by molar-refractivity contribution is -0.126. The molecule has 36 heavy (non-hydrogen) atoms. The Kier molecular flexibility index (Phi) is 6.81. The SMILES string of the molecule is CCC1(NC(=O)C(=O)c2c(C)c(C(=O)Nc3ccc(F)nc3)c(C)n2C)CC2CC(C)CC(O)(C2)C1. The molecule has 2 amide bonds. The van der Waals surface area contributed by atoms with Crippen LogP contribution in [0.15, 0.2) is 18.3 Å². The normalized spacial score (nSPS) is 27.4. The van der Waals surface area contributed by atoms with E-state index in [9.17, 15) is 23.9 Å². The molecule has 2 aromatic heterocycles. The summed E-state index contributed by atoms with van der Waals surface area (Å²) in [5.41, 5.74) is 0.174. The van der Waals surface area contributed by atoms with E-state index in [2.05, 4.69) is 22.5 Å². The molecule has 2 aromatic rings. The zero-order chi connectivity index (χ0) is 26.4. The molecule has 2 aliphatic rings. The summed E-state index contributed by atoms with van der Waals surface area (Å²) < 4.78 is 14.7. The highest BCUT2D eigenvalue weighted by atomic mass is 19.1. The van der Waals surface area contributed by atoms with Crippen LogP contribution in [0.1, 0.15) is 84.5 Å². The van der Waals surface area contributed by atoms with Crippen LogP contribution in [0.3, 0.4) is 0 Å². The lowest BCUT2D eigenvalue weighted by Crippen LogP contribution is -2.60. The highest BCUT2D eigenvalue weighted by Gasteiger charge is 2.51. The number of carbonyl (C=O) groups is 3. The number of anilines is 1. The van der Waals surface area contributed by atoms with E-state index in [0.29, 0.717) is 48.0 Å².